The zero-order valence-corrected chi connectivity index (χ0v) is 15.0. The fourth-order valence-electron chi connectivity index (χ4n) is 2.26. The van der Waals surface area contributed by atoms with Crippen molar-refractivity contribution in [3.63, 3.8) is 0 Å². The van der Waals surface area contributed by atoms with Crippen molar-refractivity contribution in [3.05, 3.63) is 41.6 Å². The first-order valence-electron chi connectivity index (χ1n) is 7.51. The zero-order chi connectivity index (χ0) is 18.6. The largest absolute Gasteiger partial charge is 0.416 e. The molecule has 0 saturated carbocycles. The maximum absolute atomic E-state index is 12.9. The number of hydrogen-bond acceptors (Lipinski definition) is 4. The third kappa shape index (κ3) is 5.45. The number of aryl methyl sites for hydroxylation is 1. The van der Waals surface area contributed by atoms with Crippen LogP contribution in [-0.2, 0) is 15.7 Å². The average Bonchev–Trinajstić information content (AvgIpc) is 2.92. The highest BCUT2D eigenvalue weighted by atomic mass is 35.5. The molecule has 0 aliphatic carbocycles. The molecule has 26 heavy (non-hydrogen) atoms. The molecule has 0 aliphatic heterocycles. The van der Waals surface area contributed by atoms with E-state index in [2.05, 4.69) is 10.4 Å². The van der Waals surface area contributed by atoms with Crippen LogP contribution in [0.3, 0.4) is 0 Å². The summed E-state index contributed by atoms with van der Waals surface area (Å²) in [5, 5.41) is 6.79. The van der Waals surface area contributed by atoms with Crippen molar-refractivity contribution in [1.82, 2.24) is 9.78 Å². The molecule has 0 radical (unpaired) electrons. The number of ether oxygens (including phenoxy) is 1. The predicted molar refractivity (Wildman–Crippen MR) is 93.6 cm³/mol. The molecule has 2 rings (SSSR count). The second kappa shape index (κ2) is 9.02. The minimum atomic E-state index is -4.46. The SMILES string of the molecule is COC(CN)CC(=O)Nc1cc(C)nn1-c1cccc(C(F)(F)F)c1.Cl. The fraction of sp³-hybridized carbons (Fsp3) is 0.375. The molecule has 1 amide bonds. The fourth-order valence-corrected chi connectivity index (χ4v) is 2.26. The molecule has 1 aromatic heterocycles. The van der Waals surface area contributed by atoms with Gasteiger partial charge in [0.1, 0.15) is 5.82 Å². The van der Waals surface area contributed by atoms with Gasteiger partial charge in [0.25, 0.3) is 0 Å². The normalized spacial score (nSPS) is 12.4. The number of amides is 1. The third-order valence-corrected chi connectivity index (χ3v) is 3.53. The van der Waals surface area contributed by atoms with E-state index in [0.29, 0.717) is 5.69 Å². The summed E-state index contributed by atoms with van der Waals surface area (Å²) in [5.41, 5.74) is 5.43. The van der Waals surface area contributed by atoms with Gasteiger partial charge in [0, 0.05) is 19.7 Å². The second-order valence-electron chi connectivity index (χ2n) is 5.48. The first-order chi connectivity index (χ1) is 11.7. The Morgan fingerprint density at radius 2 is 2.08 bits per heavy atom. The van der Waals surface area contributed by atoms with Gasteiger partial charge in [0.2, 0.25) is 5.91 Å². The summed E-state index contributed by atoms with van der Waals surface area (Å²) >= 11 is 0. The van der Waals surface area contributed by atoms with Gasteiger partial charge in [-0.15, -0.1) is 12.4 Å². The Morgan fingerprint density at radius 1 is 1.38 bits per heavy atom. The number of aromatic nitrogens is 2. The summed E-state index contributed by atoms with van der Waals surface area (Å²) in [7, 11) is 1.45. The highest BCUT2D eigenvalue weighted by Crippen LogP contribution is 2.31. The molecule has 0 spiro atoms. The minimum absolute atomic E-state index is 0. The molecule has 1 heterocycles. The number of nitrogens with one attached hydrogen (secondary N) is 1. The van der Waals surface area contributed by atoms with Gasteiger partial charge >= 0.3 is 6.18 Å². The summed E-state index contributed by atoms with van der Waals surface area (Å²) in [6.07, 6.45) is -4.88. The van der Waals surface area contributed by atoms with Crippen molar-refractivity contribution in [2.24, 2.45) is 5.73 Å². The molecule has 1 atom stereocenters. The molecule has 10 heteroatoms. The Hall–Kier alpha value is -2.10. The standard InChI is InChI=1S/C16H19F3N4O2.ClH/c1-10-6-14(21-15(24)8-13(9-20)25-2)23(22-10)12-5-3-4-11(7-12)16(17,18)19;/h3-7,13H,8-9,20H2,1-2H3,(H,21,24);1H. The molecular weight excluding hydrogens is 373 g/mol. The van der Waals surface area contributed by atoms with Crippen LogP contribution in [0, 0.1) is 6.92 Å². The molecule has 3 N–H and O–H groups in total. The van der Waals surface area contributed by atoms with Gasteiger partial charge in [-0.25, -0.2) is 4.68 Å². The number of hydrogen-bond donors (Lipinski definition) is 2. The molecule has 0 saturated heterocycles. The number of anilines is 1. The molecule has 0 bridgehead atoms. The summed E-state index contributed by atoms with van der Waals surface area (Å²) in [6.45, 7) is 1.85. The Kier molecular flexibility index (Phi) is 7.61. The van der Waals surface area contributed by atoms with Crippen LogP contribution >= 0.6 is 12.4 Å². The minimum Gasteiger partial charge on any atom is -0.380 e. The Morgan fingerprint density at radius 3 is 2.65 bits per heavy atom. The maximum Gasteiger partial charge on any atom is 0.416 e. The number of halogens is 4. The molecule has 0 fully saturated rings. The van der Waals surface area contributed by atoms with Crippen LogP contribution in [0.2, 0.25) is 0 Å². The van der Waals surface area contributed by atoms with E-state index in [-0.39, 0.29) is 42.8 Å². The second-order valence-corrected chi connectivity index (χ2v) is 5.48. The van der Waals surface area contributed by atoms with E-state index in [0.717, 1.165) is 12.1 Å². The monoisotopic (exact) mass is 392 g/mol. The van der Waals surface area contributed by atoms with Crippen LogP contribution in [0.15, 0.2) is 30.3 Å². The van der Waals surface area contributed by atoms with Gasteiger partial charge < -0.3 is 15.8 Å². The number of rotatable bonds is 6. The number of alkyl halides is 3. The van der Waals surface area contributed by atoms with Crippen molar-refractivity contribution in [3.8, 4) is 5.69 Å². The Bertz CT molecular complexity index is 745. The van der Waals surface area contributed by atoms with Crippen molar-refractivity contribution < 1.29 is 22.7 Å². The quantitative estimate of drug-likeness (QED) is 0.792. The van der Waals surface area contributed by atoms with Gasteiger partial charge in [0.15, 0.2) is 0 Å². The highest BCUT2D eigenvalue weighted by molar-refractivity contribution is 5.90. The van der Waals surface area contributed by atoms with E-state index in [4.69, 9.17) is 10.5 Å². The van der Waals surface area contributed by atoms with E-state index < -0.39 is 17.8 Å². The van der Waals surface area contributed by atoms with Gasteiger partial charge in [-0.3, -0.25) is 4.79 Å². The van der Waals surface area contributed by atoms with Crippen molar-refractivity contribution in [2.45, 2.75) is 25.6 Å². The van der Waals surface area contributed by atoms with Crippen LogP contribution in [0.4, 0.5) is 19.0 Å². The van der Waals surface area contributed by atoms with Crippen molar-refractivity contribution in [2.75, 3.05) is 19.0 Å². The maximum atomic E-state index is 12.9. The van der Waals surface area contributed by atoms with Crippen LogP contribution < -0.4 is 11.1 Å². The summed E-state index contributed by atoms with van der Waals surface area (Å²) < 4.78 is 45.0. The number of carbonyl (C=O) groups is 1. The third-order valence-electron chi connectivity index (χ3n) is 3.53. The average molecular weight is 393 g/mol. The van der Waals surface area contributed by atoms with E-state index in [1.807, 2.05) is 0 Å². The van der Waals surface area contributed by atoms with Gasteiger partial charge in [-0.05, 0) is 25.1 Å². The van der Waals surface area contributed by atoms with E-state index >= 15 is 0 Å². The Labute approximate surface area is 154 Å². The lowest BCUT2D eigenvalue weighted by atomic mass is 10.2. The first-order valence-corrected chi connectivity index (χ1v) is 7.51. The number of methoxy groups -OCH3 is 1. The lowest BCUT2D eigenvalue weighted by Crippen LogP contribution is -2.28. The molecule has 1 unspecified atom stereocenters. The number of nitrogens with two attached hydrogens (primary N) is 1. The topological polar surface area (TPSA) is 82.2 Å². The van der Waals surface area contributed by atoms with Crippen LogP contribution in [-0.4, -0.2) is 35.4 Å². The number of carbonyl (C=O) groups excluding carboxylic acids is 1. The first kappa shape index (κ1) is 21.9. The van der Waals surface area contributed by atoms with Crippen molar-refractivity contribution >= 4 is 24.1 Å². The highest BCUT2D eigenvalue weighted by Gasteiger charge is 2.30. The van der Waals surface area contributed by atoms with Gasteiger partial charge in [-0.1, -0.05) is 6.07 Å². The van der Waals surface area contributed by atoms with Crippen LogP contribution in [0.5, 0.6) is 0 Å². The summed E-state index contributed by atoms with van der Waals surface area (Å²) in [4.78, 5) is 12.1. The predicted octanol–water partition coefficient (Wildman–Crippen LogP) is 2.92. The lowest BCUT2D eigenvalue weighted by Gasteiger charge is -2.14. The van der Waals surface area contributed by atoms with E-state index in [1.165, 1.54) is 23.9 Å². The molecule has 144 valence electrons. The van der Waals surface area contributed by atoms with Crippen LogP contribution in [0.1, 0.15) is 17.7 Å². The van der Waals surface area contributed by atoms with Gasteiger partial charge in [-0.2, -0.15) is 18.3 Å². The molecular formula is C16H20ClF3N4O2. The summed E-state index contributed by atoms with van der Waals surface area (Å²) in [5.74, 6) is -0.0980. The van der Waals surface area contributed by atoms with Crippen molar-refractivity contribution in [1.29, 1.82) is 0 Å². The van der Waals surface area contributed by atoms with E-state index in [9.17, 15) is 18.0 Å². The zero-order valence-electron chi connectivity index (χ0n) is 14.2. The van der Waals surface area contributed by atoms with E-state index in [1.54, 1.807) is 13.0 Å². The Balaban J connectivity index is 0.00000338. The molecule has 0 aliphatic rings. The number of nitrogens with zero attached hydrogens (tertiary/aromatic N) is 2. The van der Waals surface area contributed by atoms with Gasteiger partial charge in [0.05, 0.1) is 29.5 Å². The van der Waals surface area contributed by atoms with Crippen LogP contribution in [0.25, 0.3) is 5.69 Å². The summed E-state index contributed by atoms with van der Waals surface area (Å²) in [6, 6.07) is 6.29. The lowest BCUT2D eigenvalue weighted by molar-refractivity contribution is -0.137. The number of benzene rings is 1. The molecule has 1 aromatic carbocycles. The smallest absolute Gasteiger partial charge is 0.380 e. The molecule has 2 aromatic rings. The molecule has 6 nitrogen and oxygen atoms in total.